The number of halogens is 1. The van der Waals surface area contributed by atoms with Crippen molar-refractivity contribution in [1.82, 2.24) is 0 Å². The standard InChI is InChI=1S/C18H15ClN2O2S2/c1-24-21-14-8-12(19)7-13(9-14)20-18(23)17-6-11(10-25-17)15-4-2-3-5-16(15)22/h2-10,21-22H,1H3,(H,20,23). The van der Waals surface area contributed by atoms with Gasteiger partial charge >= 0.3 is 0 Å². The Morgan fingerprint density at radius 1 is 1.16 bits per heavy atom. The minimum atomic E-state index is -0.218. The fraction of sp³-hybridized carbons (Fsp3) is 0.0556. The molecule has 0 aliphatic rings. The fourth-order valence-corrected chi connectivity index (χ4v) is 3.74. The van der Waals surface area contributed by atoms with Crippen LogP contribution in [0, 0.1) is 0 Å². The third kappa shape index (κ3) is 4.28. The minimum absolute atomic E-state index is 0.190. The number of thiophene rings is 1. The summed E-state index contributed by atoms with van der Waals surface area (Å²) in [7, 11) is 0. The molecule has 1 aromatic heterocycles. The number of aromatic hydroxyl groups is 1. The van der Waals surface area contributed by atoms with E-state index in [0.717, 1.165) is 11.3 Å². The Kier molecular flexibility index (Phi) is 5.53. The maximum Gasteiger partial charge on any atom is 0.265 e. The highest BCUT2D eigenvalue weighted by Crippen LogP contribution is 2.32. The maximum absolute atomic E-state index is 12.5. The van der Waals surface area contributed by atoms with Gasteiger partial charge in [0.15, 0.2) is 0 Å². The van der Waals surface area contributed by atoms with Crippen LogP contribution in [0.3, 0.4) is 0 Å². The van der Waals surface area contributed by atoms with E-state index in [1.54, 1.807) is 30.3 Å². The van der Waals surface area contributed by atoms with E-state index in [4.69, 9.17) is 11.6 Å². The van der Waals surface area contributed by atoms with Crippen molar-refractivity contribution in [3.05, 3.63) is 63.8 Å². The van der Waals surface area contributed by atoms with Gasteiger partial charge in [-0.2, -0.15) is 0 Å². The van der Waals surface area contributed by atoms with Crippen molar-refractivity contribution in [3.8, 4) is 16.9 Å². The Morgan fingerprint density at radius 2 is 1.92 bits per heavy atom. The summed E-state index contributed by atoms with van der Waals surface area (Å²) < 4.78 is 3.09. The highest BCUT2D eigenvalue weighted by molar-refractivity contribution is 7.99. The van der Waals surface area contributed by atoms with Gasteiger partial charge in [-0.15, -0.1) is 11.3 Å². The lowest BCUT2D eigenvalue weighted by molar-refractivity contribution is 0.103. The van der Waals surface area contributed by atoms with E-state index in [1.165, 1.54) is 23.3 Å². The molecular weight excluding hydrogens is 376 g/mol. The van der Waals surface area contributed by atoms with Crippen molar-refractivity contribution in [3.63, 3.8) is 0 Å². The molecule has 2 aromatic carbocycles. The van der Waals surface area contributed by atoms with Gasteiger partial charge in [-0.3, -0.25) is 4.79 Å². The SMILES string of the molecule is CSNc1cc(Cl)cc(NC(=O)c2cc(-c3ccccc3O)cs2)c1. The summed E-state index contributed by atoms with van der Waals surface area (Å²) >= 11 is 8.86. The van der Waals surface area contributed by atoms with E-state index in [0.29, 0.717) is 21.2 Å². The first-order valence-electron chi connectivity index (χ1n) is 7.34. The normalized spacial score (nSPS) is 10.5. The van der Waals surface area contributed by atoms with Crippen LogP contribution in [0.25, 0.3) is 11.1 Å². The molecule has 3 aromatic rings. The van der Waals surface area contributed by atoms with Gasteiger partial charge < -0.3 is 15.1 Å². The average molecular weight is 391 g/mol. The van der Waals surface area contributed by atoms with Crippen LogP contribution in [-0.4, -0.2) is 17.3 Å². The monoisotopic (exact) mass is 390 g/mol. The summed E-state index contributed by atoms with van der Waals surface area (Å²) in [6, 6.07) is 14.1. The smallest absolute Gasteiger partial charge is 0.265 e. The summed E-state index contributed by atoms with van der Waals surface area (Å²) in [6.45, 7) is 0. The molecular formula is C18H15ClN2O2S2. The summed E-state index contributed by atoms with van der Waals surface area (Å²) in [5.41, 5.74) is 2.94. The van der Waals surface area contributed by atoms with Crippen LogP contribution in [0.15, 0.2) is 53.9 Å². The van der Waals surface area contributed by atoms with E-state index in [-0.39, 0.29) is 11.7 Å². The third-order valence-corrected chi connectivity index (χ3v) is 5.00. The number of carbonyl (C=O) groups is 1. The summed E-state index contributed by atoms with van der Waals surface area (Å²) in [5.74, 6) is -0.0288. The molecule has 0 unspecified atom stereocenters. The van der Waals surface area contributed by atoms with Crippen molar-refractivity contribution in [2.24, 2.45) is 0 Å². The first-order chi connectivity index (χ1) is 12.1. The highest BCUT2D eigenvalue weighted by atomic mass is 35.5. The second-order valence-electron chi connectivity index (χ2n) is 5.21. The molecule has 7 heteroatoms. The molecule has 25 heavy (non-hydrogen) atoms. The number of para-hydroxylation sites is 1. The van der Waals surface area contributed by atoms with Gasteiger partial charge in [0.1, 0.15) is 5.75 Å². The quantitative estimate of drug-likeness (QED) is 0.488. The highest BCUT2D eigenvalue weighted by Gasteiger charge is 2.13. The van der Waals surface area contributed by atoms with E-state index in [9.17, 15) is 9.90 Å². The zero-order valence-electron chi connectivity index (χ0n) is 13.2. The summed E-state index contributed by atoms with van der Waals surface area (Å²) in [6.07, 6.45) is 1.91. The number of carbonyl (C=O) groups excluding carboxylic acids is 1. The zero-order valence-corrected chi connectivity index (χ0v) is 15.6. The summed E-state index contributed by atoms with van der Waals surface area (Å²) in [5, 5.41) is 15.2. The van der Waals surface area contributed by atoms with Crippen LogP contribution >= 0.6 is 34.9 Å². The van der Waals surface area contributed by atoms with E-state index in [2.05, 4.69) is 10.0 Å². The van der Waals surface area contributed by atoms with Crippen molar-refractivity contribution < 1.29 is 9.90 Å². The molecule has 0 aliphatic carbocycles. The predicted molar refractivity (Wildman–Crippen MR) is 108 cm³/mol. The predicted octanol–water partition coefficient (Wildman–Crippen LogP) is 5.72. The number of phenolic OH excluding ortho intramolecular Hbond substituents is 1. The average Bonchev–Trinajstić information content (AvgIpc) is 3.05. The number of nitrogens with one attached hydrogen (secondary N) is 2. The maximum atomic E-state index is 12.5. The first kappa shape index (κ1) is 17.7. The van der Waals surface area contributed by atoms with Crippen molar-refractivity contribution in [2.75, 3.05) is 16.3 Å². The molecule has 1 amide bonds. The molecule has 1 heterocycles. The van der Waals surface area contributed by atoms with E-state index in [1.807, 2.05) is 29.8 Å². The lowest BCUT2D eigenvalue weighted by Gasteiger charge is -2.08. The molecule has 3 rings (SSSR count). The second kappa shape index (κ2) is 7.82. The van der Waals surface area contributed by atoms with E-state index < -0.39 is 0 Å². The fourth-order valence-electron chi connectivity index (χ4n) is 2.35. The van der Waals surface area contributed by atoms with Gasteiger partial charge in [0.05, 0.1) is 4.88 Å². The zero-order chi connectivity index (χ0) is 17.8. The second-order valence-corrected chi connectivity index (χ2v) is 7.17. The van der Waals surface area contributed by atoms with Crippen molar-refractivity contribution in [1.29, 1.82) is 0 Å². The largest absolute Gasteiger partial charge is 0.507 e. The molecule has 0 fully saturated rings. The van der Waals surface area contributed by atoms with Crippen LogP contribution in [0.5, 0.6) is 5.75 Å². The van der Waals surface area contributed by atoms with Crippen LogP contribution in [-0.2, 0) is 0 Å². The number of benzene rings is 2. The molecule has 0 aliphatic heterocycles. The molecule has 3 N–H and O–H groups in total. The molecule has 0 bridgehead atoms. The number of amides is 1. The molecule has 0 radical (unpaired) electrons. The van der Waals surface area contributed by atoms with Gasteiger partial charge in [0, 0.05) is 28.2 Å². The van der Waals surface area contributed by atoms with Gasteiger partial charge in [0.25, 0.3) is 5.91 Å². The number of anilines is 2. The Labute approximate surface area is 159 Å². The van der Waals surface area contributed by atoms with Crippen LogP contribution in [0.4, 0.5) is 11.4 Å². The molecule has 0 saturated heterocycles. The number of hydrogen-bond donors (Lipinski definition) is 3. The van der Waals surface area contributed by atoms with Crippen LogP contribution in [0.1, 0.15) is 9.67 Å². The van der Waals surface area contributed by atoms with Crippen molar-refractivity contribution >= 4 is 52.2 Å². The van der Waals surface area contributed by atoms with Gasteiger partial charge in [-0.25, -0.2) is 0 Å². The lowest BCUT2D eigenvalue weighted by Crippen LogP contribution is -2.10. The molecule has 0 saturated carbocycles. The van der Waals surface area contributed by atoms with Gasteiger partial charge in [-0.05, 0) is 41.3 Å². The van der Waals surface area contributed by atoms with Crippen molar-refractivity contribution in [2.45, 2.75) is 0 Å². The number of hydrogen-bond acceptors (Lipinski definition) is 5. The topological polar surface area (TPSA) is 61.4 Å². The molecule has 128 valence electrons. The molecule has 0 spiro atoms. The van der Waals surface area contributed by atoms with Crippen LogP contribution < -0.4 is 10.0 Å². The van der Waals surface area contributed by atoms with Gasteiger partial charge in [-0.1, -0.05) is 41.7 Å². The van der Waals surface area contributed by atoms with Gasteiger partial charge in [0.2, 0.25) is 0 Å². The summed E-state index contributed by atoms with van der Waals surface area (Å²) in [4.78, 5) is 13.0. The lowest BCUT2D eigenvalue weighted by atomic mass is 10.1. The first-order valence-corrected chi connectivity index (χ1v) is 9.83. The number of phenols is 1. The Hall–Kier alpha value is -2.15. The van der Waals surface area contributed by atoms with Crippen LogP contribution in [0.2, 0.25) is 5.02 Å². The molecule has 4 nitrogen and oxygen atoms in total. The Balaban J connectivity index is 1.80. The molecule has 0 atom stereocenters. The minimum Gasteiger partial charge on any atom is -0.507 e. The third-order valence-electron chi connectivity index (χ3n) is 3.41. The van der Waals surface area contributed by atoms with E-state index >= 15 is 0 Å². The Bertz CT molecular complexity index is 912. The Morgan fingerprint density at radius 3 is 2.68 bits per heavy atom. The number of rotatable bonds is 5.